The van der Waals surface area contributed by atoms with Gasteiger partial charge in [0.05, 0.1) is 11.2 Å². The van der Waals surface area contributed by atoms with Crippen molar-refractivity contribution in [3.63, 3.8) is 0 Å². The number of carbonyl (C=O) groups excluding carboxylic acids is 1. The molecule has 0 bridgehead atoms. The van der Waals surface area contributed by atoms with Crippen LogP contribution in [0.5, 0.6) is 0 Å². The quantitative estimate of drug-likeness (QED) is 0.459. The molecule has 0 aliphatic carbocycles. The average Bonchev–Trinajstić information content (AvgIpc) is 2.69. The molecule has 2 rings (SSSR count). The highest BCUT2D eigenvalue weighted by Crippen LogP contribution is 2.36. The zero-order valence-corrected chi connectivity index (χ0v) is 20.1. The van der Waals surface area contributed by atoms with Crippen LogP contribution in [-0.2, 0) is 14.3 Å². The molecule has 1 aromatic heterocycles. The molecule has 0 aliphatic rings. The predicted molar refractivity (Wildman–Crippen MR) is 124 cm³/mol. The minimum atomic E-state index is -4.66. The molecule has 3 atom stereocenters. The van der Waals surface area contributed by atoms with Crippen molar-refractivity contribution < 1.29 is 32.6 Å². The van der Waals surface area contributed by atoms with E-state index in [1.807, 2.05) is 6.07 Å². The highest BCUT2D eigenvalue weighted by Gasteiger charge is 2.49. The van der Waals surface area contributed by atoms with Gasteiger partial charge in [-0.25, -0.2) is 4.98 Å². The van der Waals surface area contributed by atoms with Crippen molar-refractivity contribution in [1.29, 1.82) is 0 Å². The second kappa shape index (κ2) is 10.5. The van der Waals surface area contributed by atoms with E-state index in [1.54, 1.807) is 51.1 Å². The van der Waals surface area contributed by atoms with E-state index in [9.17, 15) is 27.9 Å². The lowest BCUT2D eigenvalue weighted by atomic mass is 9.82. The van der Waals surface area contributed by atoms with Gasteiger partial charge < -0.3 is 9.84 Å². The molecule has 0 radical (unpaired) electrons. The number of benzene rings is 1. The van der Waals surface area contributed by atoms with E-state index in [2.05, 4.69) is 10.3 Å². The van der Waals surface area contributed by atoms with Crippen molar-refractivity contribution in [2.45, 2.75) is 65.9 Å². The Morgan fingerprint density at radius 1 is 1.12 bits per heavy atom. The second-order valence-electron chi connectivity index (χ2n) is 9.30. The van der Waals surface area contributed by atoms with Crippen LogP contribution < -0.4 is 5.32 Å². The maximum Gasteiger partial charge on any atom is 0.404 e. The molecule has 1 unspecified atom stereocenters. The van der Waals surface area contributed by atoms with Gasteiger partial charge in [-0.3, -0.25) is 14.9 Å². The molecule has 0 fully saturated rings. The van der Waals surface area contributed by atoms with Crippen molar-refractivity contribution in [1.82, 2.24) is 10.3 Å². The van der Waals surface area contributed by atoms with Crippen LogP contribution in [0, 0.1) is 11.3 Å². The topological polar surface area (TPSA) is 88.5 Å². The number of hydrogen-bond acceptors (Lipinski definition) is 5. The van der Waals surface area contributed by atoms with Gasteiger partial charge in [0.15, 0.2) is 0 Å². The number of carboxylic acids is 1. The maximum atomic E-state index is 13.9. The van der Waals surface area contributed by atoms with E-state index in [4.69, 9.17) is 4.74 Å². The third kappa shape index (κ3) is 7.03. The summed E-state index contributed by atoms with van der Waals surface area (Å²) in [5, 5.41) is 12.5. The Kier molecular flexibility index (Phi) is 8.47. The van der Waals surface area contributed by atoms with Gasteiger partial charge in [0, 0.05) is 17.7 Å². The Balaban J connectivity index is 2.36. The molecule has 0 spiro atoms. The first kappa shape index (κ1) is 27.3. The Bertz CT molecular complexity index is 1060. The molecule has 0 aliphatic heterocycles. The number of nitrogens with zero attached hydrogens (tertiary/aromatic N) is 1. The van der Waals surface area contributed by atoms with Gasteiger partial charge in [-0.15, -0.1) is 0 Å². The number of fused-ring (bicyclic) bond motifs is 1. The molecular formula is C25H31F3N2O4. The molecule has 9 heteroatoms. The number of nitrogens with one attached hydrogen (secondary N) is 1. The molecule has 0 saturated carbocycles. The van der Waals surface area contributed by atoms with Crippen LogP contribution in [0.3, 0.4) is 0 Å². The standard InChI is InChI=1S/C25H31F3N2O4/c1-14(2)21(22(32)33)30-23(25(26,27)28)24(5,6)12-11-17-7-8-18-9-10-19(29-20(18)13-17)15(3)34-16(4)31/h7-15,21,23,30H,1-6H3,(H,32,33)/b12-11+/t15-,21?,23-/m1/s1. The van der Waals surface area contributed by atoms with Gasteiger partial charge in [-0.1, -0.05) is 58.0 Å². The first-order valence-corrected chi connectivity index (χ1v) is 10.9. The number of pyridine rings is 1. The number of carbonyl (C=O) groups is 2. The second-order valence-corrected chi connectivity index (χ2v) is 9.30. The SMILES string of the molecule is CC(=O)O[C@H](C)c1ccc2ccc(/C=C/C(C)(C)[C@@H](NC(C(=O)O)C(C)C)C(F)(F)F)cc2n1. The summed E-state index contributed by atoms with van der Waals surface area (Å²) in [6.45, 7) is 8.94. The molecule has 1 aromatic carbocycles. The Morgan fingerprint density at radius 3 is 2.26 bits per heavy atom. The van der Waals surface area contributed by atoms with E-state index in [1.165, 1.54) is 26.8 Å². The summed E-state index contributed by atoms with van der Waals surface area (Å²) >= 11 is 0. The molecule has 1 heterocycles. The van der Waals surface area contributed by atoms with E-state index >= 15 is 0 Å². The summed E-state index contributed by atoms with van der Waals surface area (Å²) in [5.74, 6) is -2.29. The molecule has 2 N–H and O–H groups in total. The summed E-state index contributed by atoms with van der Waals surface area (Å²) in [7, 11) is 0. The average molecular weight is 481 g/mol. The van der Waals surface area contributed by atoms with E-state index < -0.39 is 47.6 Å². The van der Waals surface area contributed by atoms with E-state index in [0.717, 1.165) is 5.39 Å². The largest absolute Gasteiger partial charge is 0.480 e. The summed E-state index contributed by atoms with van der Waals surface area (Å²) in [4.78, 5) is 27.2. The lowest BCUT2D eigenvalue weighted by molar-refractivity contribution is -0.178. The summed E-state index contributed by atoms with van der Waals surface area (Å²) in [6.07, 6.45) is -2.22. The van der Waals surface area contributed by atoms with Gasteiger partial charge in [0.25, 0.3) is 0 Å². The van der Waals surface area contributed by atoms with Crippen LogP contribution in [0.4, 0.5) is 13.2 Å². The first-order valence-electron chi connectivity index (χ1n) is 10.9. The van der Waals surface area contributed by atoms with Crippen LogP contribution >= 0.6 is 0 Å². The van der Waals surface area contributed by atoms with Gasteiger partial charge >= 0.3 is 18.1 Å². The minimum Gasteiger partial charge on any atom is -0.480 e. The fourth-order valence-electron chi connectivity index (χ4n) is 3.66. The van der Waals surface area contributed by atoms with Crippen LogP contribution in [0.1, 0.15) is 58.9 Å². The van der Waals surface area contributed by atoms with Gasteiger partial charge in [-0.05, 0) is 30.5 Å². The Labute approximate surface area is 197 Å². The lowest BCUT2D eigenvalue weighted by Gasteiger charge is -2.36. The van der Waals surface area contributed by atoms with Crippen molar-refractivity contribution >= 4 is 28.9 Å². The Hall–Kier alpha value is -2.94. The van der Waals surface area contributed by atoms with Gasteiger partial charge in [0.1, 0.15) is 18.2 Å². The minimum absolute atomic E-state index is 0.427. The number of halogens is 3. The smallest absolute Gasteiger partial charge is 0.404 e. The van der Waals surface area contributed by atoms with Crippen molar-refractivity contribution in [2.24, 2.45) is 11.3 Å². The van der Waals surface area contributed by atoms with Crippen LogP contribution in [0.15, 0.2) is 36.4 Å². The zero-order valence-electron chi connectivity index (χ0n) is 20.1. The number of esters is 1. The van der Waals surface area contributed by atoms with Crippen LogP contribution in [0.2, 0.25) is 0 Å². The van der Waals surface area contributed by atoms with E-state index in [0.29, 0.717) is 16.8 Å². The Morgan fingerprint density at radius 2 is 1.74 bits per heavy atom. The monoisotopic (exact) mass is 480 g/mol. The summed E-state index contributed by atoms with van der Waals surface area (Å²) < 4.78 is 46.9. The van der Waals surface area contributed by atoms with Crippen LogP contribution in [0.25, 0.3) is 17.0 Å². The van der Waals surface area contributed by atoms with Crippen molar-refractivity contribution in [3.8, 4) is 0 Å². The number of alkyl halides is 3. The summed E-state index contributed by atoms with van der Waals surface area (Å²) in [5.41, 5.74) is 0.339. The van der Waals surface area contributed by atoms with Crippen molar-refractivity contribution in [3.05, 3.63) is 47.7 Å². The first-order chi connectivity index (χ1) is 15.6. The molecule has 6 nitrogen and oxygen atoms in total. The fraction of sp³-hybridized carbons (Fsp3) is 0.480. The molecule has 186 valence electrons. The number of aliphatic carboxylic acids is 1. The normalized spacial score (nSPS) is 15.5. The number of aromatic nitrogens is 1. The fourth-order valence-corrected chi connectivity index (χ4v) is 3.66. The van der Waals surface area contributed by atoms with Gasteiger partial charge in [0.2, 0.25) is 0 Å². The lowest BCUT2D eigenvalue weighted by Crippen LogP contribution is -2.58. The van der Waals surface area contributed by atoms with Crippen LogP contribution in [-0.4, -0.2) is 40.3 Å². The number of carboxylic acid groups (broad SMARTS) is 1. The third-order valence-corrected chi connectivity index (χ3v) is 5.55. The molecule has 0 amide bonds. The third-order valence-electron chi connectivity index (χ3n) is 5.55. The van der Waals surface area contributed by atoms with Gasteiger partial charge in [-0.2, -0.15) is 13.2 Å². The number of ether oxygens (including phenoxy) is 1. The number of hydrogen-bond donors (Lipinski definition) is 2. The summed E-state index contributed by atoms with van der Waals surface area (Å²) in [6, 6.07) is 5.45. The number of rotatable bonds is 9. The maximum absolute atomic E-state index is 13.9. The molecular weight excluding hydrogens is 449 g/mol. The zero-order chi connectivity index (χ0) is 25.8. The molecule has 34 heavy (non-hydrogen) atoms. The highest BCUT2D eigenvalue weighted by molar-refractivity contribution is 5.81. The predicted octanol–water partition coefficient (Wildman–Crippen LogP) is 5.53. The van der Waals surface area contributed by atoms with Crippen molar-refractivity contribution in [2.75, 3.05) is 0 Å². The highest BCUT2D eigenvalue weighted by atomic mass is 19.4. The molecule has 0 saturated heterocycles. The molecule has 2 aromatic rings. The van der Waals surface area contributed by atoms with E-state index in [-0.39, 0.29) is 0 Å².